The van der Waals surface area contributed by atoms with Gasteiger partial charge >= 0.3 is 0 Å². The second-order valence-electron chi connectivity index (χ2n) is 4.92. The third-order valence-corrected chi connectivity index (χ3v) is 4.93. The fourth-order valence-electron chi connectivity index (χ4n) is 2.37. The van der Waals surface area contributed by atoms with Crippen LogP contribution in [0.5, 0.6) is 0 Å². The van der Waals surface area contributed by atoms with Gasteiger partial charge in [-0.15, -0.1) is 23.7 Å². The van der Waals surface area contributed by atoms with Crippen molar-refractivity contribution in [2.45, 2.75) is 39.2 Å². The maximum Gasteiger partial charge on any atom is 0.0389 e. The average molecular weight is 271 g/mol. The number of nitrogens with one attached hydrogen (secondary N) is 1. The van der Waals surface area contributed by atoms with Crippen LogP contribution < -0.4 is 5.32 Å². The SMILES string of the molecule is C#CCCCCNC(C)c1sc2ccccc2c1C. The van der Waals surface area contributed by atoms with Crippen LogP contribution in [0.1, 0.15) is 42.7 Å². The molecule has 0 aliphatic rings. The van der Waals surface area contributed by atoms with Gasteiger partial charge in [-0.25, -0.2) is 0 Å². The first-order valence-electron chi connectivity index (χ1n) is 6.89. The van der Waals surface area contributed by atoms with E-state index in [1.165, 1.54) is 20.5 Å². The molecule has 0 saturated carbocycles. The van der Waals surface area contributed by atoms with Crippen molar-refractivity contribution in [1.82, 2.24) is 5.32 Å². The molecule has 2 aromatic rings. The lowest BCUT2D eigenvalue weighted by Crippen LogP contribution is -2.19. The molecule has 0 bridgehead atoms. The molecule has 1 N–H and O–H groups in total. The molecule has 0 amide bonds. The molecular weight excluding hydrogens is 250 g/mol. The number of thiophene rings is 1. The van der Waals surface area contributed by atoms with Crippen molar-refractivity contribution in [2.75, 3.05) is 6.54 Å². The van der Waals surface area contributed by atoms with Gasteiger partial charge in [0.2, 0.25) is 0 Å². The van der Waals surface area contributed by atoms with Gasteiger partial charge in [-0.1, -0.05) is 18.2 Å². The highest BCUT2D eigenvalue weighted by molar-refractivity contribution is 7.19. The lowest BCUT2D eigenvalue weighted by Gasteiger charge is -2.13. The summed E-state index contributed by atoms with van der Waals surface area (Å²) in [5.41, 5.74) is 1.42. The molecule has 2 heteroatoms. The first kappa shape index (κ1) is 14.1. The van der Waals surface area contributed by atoms with Crippen LogP contribution >= 0.6 is 11.3 Å². The van der Waals surface area contributed by atoms with Crippen LogP contribution in [-0.4, -0.2) is 6.54 Å². The molecule has 1 aromatic heterocycles. The second-order valence-corrected chi connectivity index (χ2v) is 6.01. The molecular formula is C17H21NS. The van der Waals surface area contributed by atoms with Gasteiger partial charge in [0.15, 0.2) is 0 Å². The molecule has 0 saturated heterocycles. The van der Waals surface area contributed by atoms with E-state index in [-0.39, 0.29) is 0 Å². The molecule has 1 atom stereocenters. The van der Waals surface area contributed by atoms with Gasteiger partial charge in [-0.05, 0) is 50.2 Å². The van der Waals surface area contributed by atoms with E-state index in [4.69, 9.17) is 6.42 Å². The van der Waals surface area contributed by atoms with Crippen LogP contribution in [0.3, 0.4) is 0 Å². The minimum atomic E-state index is 0.420. The predicted molar refractivity (Wildman–Crippen MR) is 85.7 cm³/mol. The molecule has 2 rings (SSSR count). The Bertz CT molecular complexity index is 576. The first-order chi connectivity index (χ1) is 9.24. The Labute approximate surface area is 120 Å². The Morgan fingerprint density at radius 3 is 2.84 bits per heavy atom. The lowest BCUT2D eigenvalue weighted by atomic mass is 10.1. The van der Waals surface area contributed by atoms with Gasteiger partial charge in [0, 0.05) is 22.0 Å². The number of unbranched alkanes of at least 4 members (excludes halogenated alkanes) is 2. The van der Waals surface area contributed by atoms with Crippen molar-refractivity contribution in [1.29, 1.82) is 0 Å². The summed E-state index contributed by atoms with van der Waals surface area (Å²) in [4.78, 5) is 1.46. The summed E-state index contributed by atoms with van der Waals surface area (Å²) < 4.78 is 1.39. The van der Waals surface area contributed by atoms with Crippen LogP contribution in [-0.2, 0) is 0 Å². The largest absolute Gasteiger partial charge is 0.309 e. The van der Waals surface area contributed by atoms with E-state index in [2.05, 4.69) is 49.4 Å². The molecule has 100 valence electrons. The predicted octanol–water partition coefficient (Wildman–Crippen LogP) is 4.66. The van der Waals surface area contributed by atoms with Crippen molar-refractivity contribution < 1.29 is 0 Å². The van der Waals surface area contributed by atoms with Crippen molar-refractivity contribution >= 4 is 21.4 Å². The molecule has 0 spiro atoms. The maximum absolute atomic E-state index is 5.26. The third kappa shape index (κ3) is 3.37. The number of benzene rings is 1. The van der Waals surface area contributed by atoms with E-state index in [0.717, 1.165) is 25.8 Å². The molecule has 0 radical (unpaired) electrons. The van der Waals surface area contributed by atoms with E-state index in [0.29, 0.717) is 6.04 Å². The minimum absolute atomic E-state index is 0.420. The Morgan fingerprint density at radius 1 is 1.32 bits per heavy atom. The van der Waals surface area contributed by atoms with Crippen molar-refractivity contribution in [3.63, 3.8) is 0 Å². The summed E-state index contributed by atoms with van der Waals surface area (Å²) >= 11 is 1.91. The summed E-state index contributed by atoms with van der Waals surface area (Å²) in [6.07, 6.45) is 8.41. The normalized spacial score (nSPS) is 12.5. The van der Waals surface area contributed by atoms with Crippen molar-refractivity contribution in [3.05, 3.63) is 34.7 Å². The van der Waals surface area contributed by atoms with Crippen LogP contribution in [0.25, 0.3) is 10.1 Å². The van der Waals surface area contributed by atoms with E-state index >= 15 is 0 Å². The Morgan fingerprint density at radius 2 is 2.11 bits per heavy atom. The lowest BCUT2D eigenvalue weighted by molar-refractivity contribution is 0.554. The molecule has 19 heavy (non-hydrogen) atoms. The highest BCUT2D eigenvalue weighted by atomic mass is 32.1. The van der Waals surface area contributed by atoms with Crippen molar-refractivity contribution in [2.24, 2.45) is 0 Å². The quantitative estimate of drug-likeness (QED) is 0.595. The molecule has 1 nitrogen and oxygen atoms in total. The van der Waals surface area contributed by atoms with E-state index in [1.807, 2.05) is 11.3 Å². The van der Waals surface area contributed by atoms with Crippen LogP contribution in [0.4, 0.5) is 0 Å². The van der Waals surface area contributed by atoms with E-state index < -0.39 is 0 Å². The Kier molecular flexibility index (Phi) is 5.01. The van der Waals surface area contributed by atoms with Gasteiger partial charge in [-0.2, -0.15) is 0 Å². The summed E-state index contributed by atoms with van der Waals surface area (Å²) in [6, 6.07) is 9.06. The zero-order chi connectivity index (χ0) is 13.7. The standard InChI is InChI=1S/C17H21NS/c1-4-5-6-9-12-18-14(3)17-13(2)15-10-7-8-11-16(15)19-17/h1,7-8,10-11,14,18H,5-6,9,12H2,2-3H3. The summed E-state index contributed by atoms with van der Waals surface area (Å²) in [5.74, 6) is 2.69. The number of hydrogen-bond donors (Lipinski definition) is 1. The first-order valence-corrected chi connectivity index (χ1v) is 7.70. The van der Waals surface area contributed by atoms with Crippen LogP contribution in [0, 0.1) is 19.3 Å². The zero-order valence-electron chi connectivity index (χ0n) is 11.7. The van der Waals surface area contributed by atoms with Crippen molar-refractivity contribution in [3.8, 4) is 12.3 Å². The van der Waals surface area contributed by atoms with E-state index in [9.17, 15) is 0 Å². The fourth-order valence-corrected chi connectivity index (χ4v) is 3.61. The zero-order valence-corrected chi connectivity index (χ0v) is 12.5. The number of rotatable bonds is 6. The molecule has 1 unspecified atom stereocenters. The molecule has 1 aromatic carbocycles. The number of terminal acetylenes is 1. The fraction of sp³-hybridized carbons (Fsp3) is 0.412. The third-order valence-electron chi connectivity index (χ3n) is 3.47. The summed E-state index contributed by atoms with van der Waals surface area (Å²) in [5, 5.41) is 4.99. The van der Waals surface area contributed by atoms with Gasteiger partial charge in [0.1, 0.15) is 0 Å². The van der Waals surface area contributed by atoms with Gasteiger partial charge in [-0.3, -0.25) is 0 Å². The maximum atomic E-state index is 5.26. The average Bonchev–Trinajstić information content (AvgIpc) is 2.76. The Balaban J connectivity index is 1.99. The van der Waals surface area contributed by atoms with Crippen LogP contribution in [0.2, 0.25) is 0 Å². The smallest absolute Gasteiger partial charge is 0.0389 e. The highest BCUT2D eigenvalue weighted by Gasteiger charge is 2.13. The summed E-state index contributed by atoms with van der Waals surface area (Å²) in [7, 11) is 0. The topological polar surface area (TPSA) is 12.0 Å². The minimum Gasteiger partial charge on any atom is -0.309 e. The van der Waals surface area contributed by atoms with Crippen LogP contribution in [0.15, 0.2) is 24.3 Å². The number of aryl methyl sites for hydroxylation is 1. The molecule has 0 aliphatic heterocycles. The summed E-state index contributed by atoms with van der Waals surface area (Å²) in [6.45, 7) is 5.51. The highest BCUT2D eigenvalue weighted by Crippen LogP contribution is 2.34. The van der Waals surface area contributed by atoms with E-state index in [1.54, 1.807) is 0 Å². The van der Waals surface area contributed by atoms with Gasteiger partial charge < -0.3 is 5.32 Å². The Hall–Kier alpha value is -1.30. The number of hydrogen-bond acceptors (Lipinski definition) is 2. The molecule has 0 fully saturated rings. The van der Waals surface area contributed by atoms with Gasteiger partial charge in [0.05, 0.1) is 0 Å². The monoisotopic (exact) mass is 271 g/mol. The second kappa shape index (κ2) is 6.75. The van der Waals surface area contributed by atoms with Gasteiger partial charge in [0.25, 0.3) is 0 Å². The molecule has 1 heterocycles. The number of fused-ring (bicyclic) bond motifs is 1. The molecule has 0 aliphatic carbocycles.